The standard InChI is InChI=1S/C22H23NO4/c1-4-11-23-19(15-7-9-17(24)10-8-15)18(21(26)22(23)27)20(25)16-6-5-13(2)14(3)12-16/h5-10,12,19,24-25H,4,11H2,1-3H3/b20-18-. The molecule has 0 radical (unpaired) electrons. The molecule has 2 aromatic rings. The van der Waals surface area contributed by atoms with E-state index >= 15 is 0 Å². The number of phenols is 1. The zero-order valence-electron chi connectivity index (χ0n) is 15.7. The topological polar surface area (TPSA) is 77.8 Å². The fraction of sp³-hybridized carbons (Fsp3) is 0.273. The molecule has 1 fully saturated rings. The number of ketones is 1. The number of benzene rings is 2. The van der Waals surface area contributed by atoms with Crippen LogP contribution in [0.15, 0.2) is 48.0 Å². The van der Waals surface area contributed by atoms with E-state index < -0.39 is 17.7 Å². The summed E-state index contributed by atoms with van der Waals surface area (Å²) in [6.45, 7) is 6.23. The van der Waals surface area contributed by atoms with E-state index in [9.17, 15) is 19.8 Å². The van der Waals surface area contributed by atoms with Gasteiger partial charge in [0.1, 0.15) is 11.5 Å². The summed E-state index contributed by atoms with van der Waals surface area (Å²) in [4.78, 5) is 26.8. The predicted molar refractivity (Wildman–Crippen MR) is 103 cm³/mol. The summed E-state index contributed by atoms with van der Waals surface area (Å²) in [6.07, 6.45) is 0.686. The number of aromatic hydroxyl groups is 1. The second-order valence-electron chi connectivity index (χ2n) is 6.88. The lowest BCUT2D eigenvalue weighted by molar-refractivity contribution is -0.139. The number of carbonyl (C=O) groups excluding carboxylic acids is 2. The van der Waals surface area contributed by atoms with E-state index in [0.717, 1.165) is 11.1 Å². The summed E-state index contributed by atoms with van der Waals surface area (Å²) in [5.41, 5.74) is 3.33. The fourth-order valence-electron chi connectivity index (χ4n) is 3.40. The minimum atomic E-state index is -0.683. The van der Waals surface area contributed by atoms with Crippen molar-refractivity contribution in [2.24, 2.45) is 0 Å². The van der Waals surface area contributed by atoms with Crippen LogP contribution in [-0.4, -0.2) is 33.3 Å². The minimum absolute atomic E-state index is 0.0855. The number of hydrogen-bond donors (Lipinski definition) is 2. The molecule has 5 heteroatoms. The van der Waals surface area contributed by atoms with Gasteiger partial charge in [0, 0.05) is 12.1 Å². The maximum atomic E-state index is 12.7. The van der Waals surface area contributed by atoms with Crippen molar-refractivity contribution in [3.63, 3.8) is 0 Å². The van der Waals surface area contributed by atoms with Gasteiger partial charge in [-0.2, -0.15) is 0 Å². The first kappa shape index (κ1) is 18.7. The molecule has 0 spiro atoms. The molecule has 27 heavy (non-hydrogen) atoms. The Kier molecular flexibility index (Phi) is 5.04. The smallest absolute Gasteiger partial charge is 0.295 e. The number of aliphatic hydroxyl groups is 1. The highest BCUT2D eigenvalue weighted by atomic mass is 16.3. The van der Waals surface area contributed by atoms with Crippen molar-refractivity contribution in [1.82, 2.24) is 4.90 Å². The maximum Gasteiger partial charge on any atom is 0.295 e. The lowest BCUT2D eigenvalue weighted by Gasteiger charge is -2.25. The van der Waals surface area contributed by atoms with Gasteiger partial charge in [-0.3, -0.25) is 9.59 Å². The fourth-order valence-corrected chi connectivity index (χ4v) is 3.40. The summed E-state index contributed by atoms with van der Waals surface area (Å²) in [5.74, 6) is -1.37. The van der Waals surface area contributed by atoms with Crippen molar-refractivity contribution in [3.05, 3.63) is 70.3 Å². The second-order valence-corrected chi connectivity index (χ2v) is 6.88. The summed E-state index contributed by atoms with van der Waals surface area (Å²) in [7, 11) is 0. The van der Waals surface area contributed by atoms with Crippen LogP contribution in [0.4, 0.5) is 0 Å². The average molecular weight is 365 g/mol. The zero-order chi connectivity index (χ0) is 19.7. The number of phenolic OH excluding ortho intramolecular Hbond substituents is 1. The van der Waals surface area contributed by atoms with Crippen LogP contribution >= 0.6 is 0 Å². The normalized spacial score (nSPS) is 18.9. The SMILES string of the molecule is CCCN1C(=O)C(=O)/C(=C(\O)c2ccc(C)c(C)c2)C1c1ccc(O)cc1. The van der Waals surface area contributed by atoms with Gasteiger partial charge >= 0.3 is 0 Å². The molecule has 1 aliphatic rings. The van der Waals surface area contributed by atoms with Crippen LogP contribution in [0.25, 0.3) is 5.76 Å². The molecule has 1 heterocycles. The molecule has 3 rings (SSSR count). The Morgan fingerprint density at radius 2 is 1.70 bits per heavy atom. The van der Waals surface area contributed by atoms with Crippen LogP contribution < -0.4 is 0 Å². The first-order chi connectivity index (χ1) is 12.8. The molecular weight excluding hydrogens is 342 g/mol. The molecule has 0 bridgehead atoms. The number of hydrogen-bond acceptors (Lipinski definition) is 4. The van der Waals surface area contributed by atoms with Gasteiger partial charge in [-0.05, 0) is 55.2 Å². The van der Waals surface area contributed by atoms with E-state index in [-0.39, 0.29) is 17.1 Å². The van der Waals surface area contributed by atoms with Gasteiger partial charge in [-0.15, -0.1) is 0 Å². The van der Waals surface area contributed by atoms with Crippen LogP contribution in [0, 0.1) is 13.8 Å². The van der Waals surface area contributed by atoms with E-state index in [1.165, 1.54) is 17.0 Å². The van der Waals surface area contributed by atoms with Crippen molar-refractivity contribution in [2.75, 3.05) is 6.54 Å². The molecule has 0 aromatic heterocycles. The van der Waals surface area contributed by atoms with Gasteiger partial charge in [0.05, 0.1) is 11.6 Å². The van der Waals surface area contributed by atoms with Gasteiger partial charge in [-0.25, -0.2) is 0 Å². The lowest BCUT2D eigenvalue weighted by Crippen LogP contribution is -2.30. The average Bonchev–Trinajstić information content (AvgIpc) is 2.89. The van der Waals surface area contributed by atoms with Gasteiger partial charge in [0.25, 0.3) is 11.7 Å². The van der Waals surface area contributed by atoms with E-state index in [4.69, 9.17) is 0 Å². The monoisotopic (exact) mass is 365 g/mol. The molecular formula is C22H23NO4. The molecule has 1 unspecified atom stereocenters. The summed E-state index contributed by atoms with van der Waals surface area (Å²) < 4.78 is 0. The third-order valence-electron chi connectivity index (χ3n) is 4.99. The van der Waals surface area contributed by atoms with E-state index in [2.05, 4.69) is 0 Å². The molecule has 0 aliphatic carbocycles. The Labute approximate surface area is 158 Å². The number of likely N-dealkylation sites (tertiary alicyclic amines) is 1. The Balaban J connectivity index is 2.19. The third kappa shape index (κ3) is 3.33. The molecule has 1 aliphatic heterocycles. The van der Waals surface area contributed by atoms with Crippen molar-refractivity contribution < 1.29 is 19.8 Å². The lowest BCUT2D eigenvalue weighted by atomic mass is 9.94. The molecule has 2 aromatic carbocycles. The number of aryl methyl sites for hydroxylation is 2. The Hall–Kier alpha value is -3.08. The van der Waals surface area contributed by atoms with Crippen LogP contribution in [0.5, 0.6) is 5.75 Å². The zero-order valence-corrected chi connectivity index (χ0v) is 15.7. The van der Waals surface area contributed by atoms with Crippen molar-refractivity contribution in [1.29, 1.82) is 0 Å². The van der Waals surface area contributed by atoms with Gasteiger partial charge in [-0.1, -0.05) is 31.2 Å². The highest BCUT2D eigenvalue weighted by Crippen LogP contribution is 2.39. The number of carbonyl (C=O) groups is 2. The Bertz CT molecular complexity index is 928. The maximum absolute atomic E-state index is 12.7. The molecule has 1 atom stereocenters. The van der Waals surface area contributed by atoms with Crippen LogP contribution in [-0.2, 0) is 9.59 Å². The second kappa shape index (κ2) is 7.27. The largest absolute Gasteiger partial charge is 0.508 e. The Morgan fingerprint density at radius 1 is 1.04 bits per heavy atom. The number of amides is 1. The summed E-state index contributed by atoms with van der Waals surface area (Å²) >= 11 is 0. The minimum Gasteiger partial charge on any atom is -0.508 e. The quantitative estimate of drug-likeness (QED) is 0.490. The number of rotatable bonds is 4. The number of aliphatic hydroxyl groups excluding tert-OH is 1. The van der Waals surface area contributed by atoms with Crippen LogP contribution in [0.1, 0.15) is 41.6 Å². The van der Waals surface area contributed by atoms with E-state index in [0.29, 0.717) is 24.1 Å². The molecule has 1 amide bonds. The van der Waals surface area contributed by atoms with E-state index in [1.807, 2.05) is 32.9 Å². The first-order valence-corrected chi connectivity index (χ1v) is 9.00. The molecule has 5 nitrogen and oxygen atoms in total. The highest BCUT2D eigenvalue weighted by Gasteiger charge is 2.45. The molecule has 0 saturated carbocycles. The molecule has 140 valence electrons. The predicted octanol–water partition coefficient (Wildman–Crippen LogP) is 3.84. The number of Topliss-reactive ketones (excluding diaryl/α,β-unsaturated/α-hetero) is 1. The van der Waals surface area contributed by atoms with Crippen LogP contribution in [0.2, 0.25) is 0 Å². The molecule has 2 N–H and O–H groups in total. The first-order valence-electron chi connectivity index (χ1n) is 9.00. The van der Waals surface area contributed by atoms with Crippen molar-refractivity contribution >= 4 is 17.4 Å². The van der Waals surface area contributed by atoms with E-state index in [1.54, 1.807) is 18.2 Å². The highest BCUT2D eigenvalue weighted by molar-refractivity contribution is 6.46. The number of nitrogens with zero attached hydrogens (tertiary/aromatic N) is 1. The summed E-state index contributed by atoms with van der Waals surface area (Å²) in [6, 6.07) is 11.1. The van der Waals surface area contributed by atoms with Crippen molar-refractivity contribution in [3.8, 4) is 5.75 Å². The Morgan fingerprint density at radius 3 is 2.30 bits per heavy atom. The summed E-state index contributed by atoms with van der Waals surface area (Å²) in [5, 5.41) is 20.5. The molecule has 1 saturated heterocycles. The van der Waals surface area contributed by atoms with Gasteiger partial charge in [0.15, 0.2) is 0 Å². The third-order valence-corrected chi connectivity index (χ3v) is 4.99. The van der Waals surface area contributed by atoms with Crippen molar-refractivity contribution in [2.45, 2.75) is 33.2 Å². The van der Waals surface area contributed by atoms with Crippen LogP contribution in [0.3, 0.4) is 0 Å². The van der Waals surface area contributed by atoms with Gasteiger partial charge < -0.3 is 15.1 Å². The van der Waals surface area contributed by atoms with Gasteiger partial charge in [0.2, 0.25) is 0 Å².